The molecular formula is C13H16BrNO2. The topological polar surface area (TPSA) is 40.5 Å². The largest absolute Gasteiger partial charge is 0.465 e. The van der Waals surface area contributed by atoms with Gasteiger partial charge in [0.05, 0.1) is 6.04 Å². The third kappa shape index (κ3) is 3.89. The van der Waals surface area contributed by atoms with Gasteiger partial charge in [-0.15, -0.1) is 6.58 Å². The number of rotatable bonds is 5. The Morgan fingerprint density at radius 2 is 2.12 bits per heavy atom. The maximum Gasteiger partial charge on any atom is 0.407 e. The standard InChI is InChI=1S/C13H16BrNO2/c1-3-4-9-15(13(16)17)10(2)11-5-7-12(14)8-6-11/h3,5-8,10H,1,4,9H2,2H3,(H,16,17)/t10-/m1/s1. The number of hydrogen-bond donors (Lipinski definition) is 1. The summed E-state index contributed by atoms with van der Waals surface area (Å²) in [5.74, 6) is 0. The maximum atomic E-state index is 11.2. The van der Waals surface area contributed by atoms with Crippen molar-refractivity contribution in [3.63, 3.8) is 0 Å². The third-order valence-electron chi connectivity index (χ3n) is 2.64. The second-order valence-corrected chi connectivity index (χ2v) is 4.70. The Morgan fingerprint density at radius 3 is 2.59 bits per heavy atom. The Hall–Kier alpha value is -1.29. The number of carbonyl (C=O) groups is 1. The highest BCUT2D eigenvalue weighted by Crippen LogP contribution is 2.22. The summed E-state index contributed by atoms with van der Waals surface area (Å²) in [6, 6.07) is 7.54. The zero-order valence-corrected chi connectivity index (χ0v) is 11.4. The number of benzene rings is 1. The average Bonchev–Trinajstić information content (AvgIpc) is 2.29. The molecule has 1 aromatic rings. The molecular weight excluding hydrogens is 282 g/mol. The van der Waals surface area contributed by atoms with Crippen molar-refractivity contribution in [1.82, 2.24) is 4.90 Å². The Balaban J connectivity index is 2.83. The summed E-state index contributed by atoms with van der Waals surface area (Å²) >= 11 is 3.36. The van der Waals surface area contributed by atoms with Crippen molar-refractivity contribution in [1.29, 1.82) is 0 Å². The molecule has 0 saturated heterocycles. The second kappa shape index (κ2) is 6.45. The van der Waals surface area contributed by atoms with Crippen molar-refractivity contribution >= 4 is 22.0 Å². The molecule has 1 aromatic carbocycles. The van der Waals surface area contributed by atoms with Gasteiger partial charge in [0, 0.05) is 11.0 Å². The molecule has 0 heterocycles. The minimum absolute atomic E-state index is 0.152. The molecule has 0 aliphatic carbocycles. The SMILES string of the molecule is C=CCCN(C(=O)O)[C@H](C)c1ccc(Br)cc1. The molecule has 17 heavy (non-hydrogen) atoms. The summed E-state index contributed by atoms with van der Waals surface area (Å²) in [6.07, 6.45) is 1.49. The van der Waals surface area contributed by atoms with Crippen LogP contribution in [0.4, 0.5) is 4.79 Å². The van der Waals surface area contributed by atoms with E-state index in [1.54, 1.807) is 6.08 Å². The monoisotopic (exact) mass is 297 g/mol. The Morgan fingerprint density at radius 1 is 1.53 bits per heavy atom. The first-order valence-electron chi connectivity index (χ1n) is 5.42. The van der Waals surface area contributed by atoms with E-state index in [0.29, 0.717) is 13.0 Å². The predicted molar refractivity (Wildman–Crippen MR) is 72.1 cm³/mol. The molecule has 3 nitrogen and oxygen atoms in total. The molecule has 0 aliphatic heterocycles. The van der Waals surface area contributed by atoms with Crippen molar-refractivity contribution in [2.75, 3.05) is 6.54 Å². The van der Waals surface area contributed by atoms with Crippen LogP contribution in [0.2, 0.25) is 0 Å². The maximum absolute atomic E-state index is 11.2. The van der Waals surface area contributed by atoms with Gasteiger partial charge in [-0.2, -0.15) is 0 Å². The molecule has 1 amide bonds. The molecule has 0 saturated carbocycles. The van der Waals surface area contributed by atoms with Crippen LogP contribution in [0.15, 0.2) is 41.4 Å². The highest BCUT2D eigenvalue weighted by molar-refractivity contribution is 9.10. The number of nitrogens with zero attached hydrogens (tertiary/aromatic N) is 1. The van der Waals surface area contributed by atoms with Gasteiger partial charge in [-0.25, -0.2) is 4.79 Å². The molecule has 0 radical (unpaired) electrons. The Bertz CT molecular complexity index is 389. The fourth-order valence-electron chi connectivity index (χ4n) is 1.61. The van der Waals surface area contributed by atoms with Crippen LogP contribution in [0.5, 0.6) is 0 Å². The molecule has 0 aromatic heterocycles. The van der Waals surface area contributed by atoms with Crippen LogP contribution in [-0.4, -0.2) is 22.6 Å². The highest BCUT2D eigenvalue weighted by atomic mass is 79.9. The summed E-state index contributed by atoms with van der Waals surface area (Å²) < 4.78 is 0.987. The van der Waals surface area contributed by atoms with E-state index >= 15 is 0 Å². The van der Waals surface area contributed by atoms with Crippen molar-refractivity contribution < 1.29 is 9.90 Å². The zero-order valence-electron chi connectivity index (χ0n) is 9.77. The predicted octanol–water partition coefficient (Wildman–Crippen LogP) is 4.07. The number of amides is 1. The van der Waals surface area contributed by atoms with E-state index in [4.69, 9.17) is 5.11 Å². The molecule has 1 N–H and O–H groups in total. The Kier molecular flexibility index (Phi) is 5.22. The first kappa shape index (κ1) is 13.8. The molecule has 0 fully saturated rings. The first-order valence-corrected chi connectivity index (χ1v) is 6.21. The molecule has 92 valence electrons. The van der Waals surface area contributed by atoms with Gasteiger partial charge in [0.1, 0.15) is 0 Å². The summed E-state index contributed by atoms with van der Waals surface area (Å²) in [5.41, 5.74) is 0.986. The van der Waals surface area contributed by atoms with Gasteiger partial charge in [0.2, 0.25) is 0 Å². The van der Waals surface area contributed by atoms with E-state index in [1.807, 2.05) is 31.2 Å². The van der Waals surface area contributed by atoms with Gasteiger partial charge in [-0.1, -0.05) is 34.1 Å². The lowest BCUT2D eigenvalue weighted by molar-refractivity contribution is 0.129. The summed E-state index contributed by atoms with van der Waals surface area (Å²) in [5, 5.41) is 9.17. The van der Waals surface area contributed by atoms with Gasteiger partial charge in [0.25, 0.3) is 0 Å². The quantitative estimate of drug-likeness (QED) is 0.833. The van der Waals surface area contributed by atoms with E-state index in [9.17, 15) is 4.79 Å². The van der Waals surface area contributed by atoms with E-state index in [2.05, 4.69) is 22.5 Å². The second-order valence-electron chi connectivity index (χ2n) is 3.78. The summed E-state index contributed by atoms with van der Waals surface area (Å²) in [6.45, 7) is 5.97. The Labute approximate surface area is 110 Å². The van der Waals surface area contributed by atoms with Gasteiger partial charge >= 0.3 is 6.09 Å². The average molecular weight is 298 g/mol. The fraction of sp³-hybridized carbons (Fsp3) is 0.308. The smallest absolute Gasteiger partial charge is 0.407 e. The molecule has 1 rings (SSSR count). The van der Waals surface area contributed by atoms with Crippen molar-refractivity contribution in [3.05, 3.63) is 47.0 Å². The van der Waals surface area contributed by atoms with Crippen LogP contribution in [0.3, 0.4) is 0 Å². The minimum Gasteiger partial charge on any atom is -0.465 e. The normalized spacial score (nSPS) is 11.9. The van der Waals surface area contributed by atoms with E-state index in [1.165, 1.54) is 4.90 Å². The van der Waals surface area contributed by atoms with E-state index < -0.39 is 6.09 Å². The van der Waals surface area contributed by atoms with E-state index in [-0.39, 0.29) is 6.04 Å². The molecule has 0 spiro atoms. The van der Waals surface area contributed by atoms with Gasteiger partial charge in [0.15, 0.2) is 0 Å². The minimum atomic E-state index is -0.901. The van der Waals surface area contributed by atoms with Crippen molar-refractivity contribution in [3.8, 4) is 0 Å². The third-order valence-corrected chi connectivity index (χ3v) is 3.17. The molecule has 0 aliphatic rings. The van der Waals surface area contributed by atoms with Crippen LogP contribution in [0.1, 0.15) is 24.9 Å². The summed E-state index contributed by atoms with van der Waals surface area (Å²) in [4.78, 5) is 12.6. The van der Waals surface area contributed by atoms with Crippen molar-refractivity contribution in [2.45, 2.75) is 19.4 Å². The molecule has 1 atom stereocenters. The van der Waals surface area contributed by atoms with Gasteiger partial charge in [-0.05, 0) is 31.0 Å². The van der Waals surface area contributed by atoms with E-state index in [0.717, 1.165) is 10.0 Å². The lowest BCUT2D eigenvalue weighted by Crippen LogP contribution is -2.32. The molecule has 0 unspecified atom stereocenters. The lowest BCUT2D eigenvalue weighted by Gasteiger charge is -2.26. The van der Waals surface area contributed by atoms with Crippen LogP contribution in [-0.2, 0) is 0 Å². The fourth-order valence-corrected chi connectivity index (χ4v) is 1.87. The molecule has 0 bridgehead atoms. The van der Waals surface area contributed by atoms with Crippen LogP contribution >= 0.6 is 15.9 Å². The summed E-state index contributed by atoms with van der Waals surface area (Å²) in [7, 11) is 0. The zero-order chi connectivity index (χ0) is 12.8. The number of halogens is 1. The van der Waals surface area contributed by atoms with Gasteiger partial charge < -0.3 is 10.0 Å². The van der Waals surface area contributed by atoms with Gasteiger partial charge in [-0.3, -0.25) is 0 Å². The number of hydrogen-bond acceptors (Lipinski definition) is 1. The first-order chi connectivity index (χ1) is 8.06. The number of carboxylic acid groups (broad SMARTS) is 1. The van der Waals surface area contributed by atoms with Crippen LogP contribution in [0.25, 0.3) is 0 Å². The van der Waals surface area contributed by atoms with Crippen LogP contribution in [0, 0.1) is 0 Å². The lowest BCUT2D eigenvalue weighted by atomic mass is 10.1. The highest BCUT2D eigenvalue weighted by Gasteiger charge is 2.19. The van der Waals surface area contributed by atoms with Crippen LogP contribution < -0.4 is 0 Å². The van der Waals surface area contributed by atoms with Crippen molar-refractivity contribution in [2.24, 2.45) is 0 Å². The molecule has 4 heteroatoms.